The van der Waals surface area contributed by atoms with Crippen LogP contribution in [0.3, 0.4) is 0 Å². The number of fused-ring (bicyclic) bond motifs is 2. The lowest BCUT2D eigenvalue weighted by Gasteiger charge is -2.13. The topological polar surface area (TPSA) is 43.4 Å². The van der Waals surface area contributed by atoms with Crippen molar-refractivity contribution >= 4 is 26.8 Å². The average Bonchev–Trinajstić information content (AvgIpc) is 2.89. The first-order chi connectivity index (χ1) is 14.3. The van der Waals surface area contributed by atoms with Crippen molar-refractivity contribution in [2.45, 2.75) is 6.61 Å². The Morgan fingerprint density at radius 3 is 2.40 bits per heavy atom. The van der Waals surface area contributed by atoms with Gasteiger partial charge in [0.2, 0.25) is 0 Å². The molecule has 0 amide bonds. The lowest BCUT2D eigenvalue weighted by molar-refractivity contribution is 0.307. The number of sulfone groups is 1. The predicted octanol–water partition coefficient (Wildman–Crippen LogP) is 5.52. The molecule has 0 aliphatic carbocycles. The van der Waals surface area contributed by atoms with E-state index in [2.05, 4.69) is 6.58 Å². The normalized spacial score (nSPS) is 14.7. The molecule has 5 heteroatoms. The Balaban J connectivity index is 1.90. The molecular formula is C25H21FO3S. The molecule has 0 aromatic heterocycles. The summed E-state index contributed by atoms with van der Waals surface area (Å²) in [4.78, 5) is 0. The summed E-state index contributed by atoms with van der Waals surface area (Å²) >= 11 is 0. The summed E-state index contributed by atoms with van der Waals surface area (Å²) in [6, 6.07) is 21.8. The average molecular weight is 421 g/mol. The Morgan fingerprint density at radius 2 is 1.63 bits per heavy atom. The van der Waals surface area contributed by atoms with Gasteiger partial charge in [-0.15, -0.1) is 0 Å². The van der Waals surface area contributed by atoms with Gasteiger partial charge in [0.05, 0.1) is 5.75 Å². The van der Waals surface area contributed by atoms with E-state index in [-0.39, 0.29) is 5.75 Å². The highest BCUT2D eigenvalue weighted by atomic mass is 32.2. The molecule has 3 nitrogen and oxygen atoms in total. The maximum absolute atomic E-state index is 16.0. The van der Waals surface area contributed by atoms with Crippen molar-refractivity contribution in [1.82, 2.24) is 0 Å². The highest BCUT2D eigenvalue weighted by Crippen LogP contribution is 2.41. The van der Waals surface area contributed by atoms with Gasteiger partial charge in [0.1, 0.15) is 18.2 Å². The summed E-state index contributed by atoms with van der Waals surface area (Å²) in [5.41, 5.74) is 4.22. The Morgan fingerprint density at radius 1 is 0.967 bits per heavy atom. The molecule has 1 heterocycles. The molecule has 0 unspecified atom stereocenters. The number of hydrogen-bond acceptors (Lipinski definition) is 3. The molecule has 30 heavy (non-hydrogen) atoms. The first-order valence-corrected chi connectivity index (χ1v) is 11.6. The molecule has 4 rings (SSSR count). The van der Waals surface area contributed by atoms with Gasteiger partial charge in [-0.1, -0.05) is 67.2 Å². The molecule has 1 aliphatic heterocycles. The minimum atomic E-state index is -3.23. The van der Waals surface area contributed by atoms with Gasteiger partial charge in [0.25, 0.3) is 0 Å². The van der Waals surface area contributed by atoms with Crippen molar-refractivity contribution in [3.63, 3.8) is 0 Å². The fourth-order valence-electron chi connectivity index (χ4n) is 3.65. The second-order valence-electron chi connectivity index (χ2n) is 7.39. The Hall–Kier alpha value is -3.18. The minimum Gasteiger partial charge on any atom is -0.488 e. The van der Waals surface area contributed by atoms with Crippen molar-refractivity contribution < 1.29 is 17.5 Å². The molecule has 0 atom stereocenters. The van der Waals surface area contributed by atoms with E-state index in [4.69, 9.17) is 4.74 Å². The molecule has 0 saturated carbocycles. The highest BCUT2D eigenvalue weighted by Gasteiger charge is 2.23. The predicted molar refractivity (Wildman–Crippen MR) is 119 cm³/mol. The van der Waals surface area contributed by atoms with Gasteiger partial charge in [-0.05, 0) is 34.4 Å². The van der Waals surface area contributed by atoms with Crippen LogP contribution in [-0.2, 0) is 16.4 Å². The van der Waals surface area contributed by atoms with E-state index in [0.29, 0.717) is 40.2 Å². The van der Waals surface area contributed by atoms with E-state index < -0.39 is 15.7 Å². The van der Waals surface area contributed by atoms with Crippen LogP contribution in [0.1, 0.15) is 27.8 Å². The number of rotatable bonds is 4. The first kappa shape index (κ1) is 20.1. The van der Waals surface area contributed by atoms with Crippen molar-refractivity contribution in [1.29, 1.82) is 0 Å². The molecule has 152 valence electrons. The molecule has 0 radical (unpaired) electrons. The maximum Gasteiger partial charge on any atom is 0.151 e. The van der Waals surface area contributed by atoms with Crippen molar-refractivity contribution in [2.24, 2.45) is 0 Å². The lowest BCUT2D eigenvalue weighted by Crippen LogP contribution is -2.04. The smallest absolute Gasteiger partial charge is 0.151 e. The van der Waals surface area contributed by atoms with E-state index >= 15 is 4.39 Å². The van der Waals surface area contributed by atoms with Gasteiger partial charge in [-0.25, -0.2) is 12.8 Å². The van der Waals surface area contributed by atoms with E-state index in [1.807, 2.05) is 48.5 Å². The van der Waals surface area contributed by atoms with Crippen LogP contribution in [0.25, 0.3) is 17.0 Å². The summed E-state index contributed by atoms with van der Waals surface area (Å²) in [5, 5.41) is 0. The SMILES string of the molecule is C=C(CS(C)(=O)=O)c1cccc(/C(F)=C2\c3ccccc3COc3ccccc32)c1. The van der Waals surface area contributed by atoms with Crippen LogP contribution in [-0.4, -0.2) is 20.4 Å². The monoisotopic (exact) mass is 420 g/mol. The zero-order valence-electron chi connectivity index (χ0n) is 16.6. The number of hydrogen-bond donors (Lipinski definition) is 0. The van der Waals surface area contributed by atoms with E-state index in [9.17, 15) is 8.42 Å². The van der Waals surface area contributed by atoms with Crippen LogP contribution in [0.5, 0.6) is 5.75 Å². The van der Waals surface area contributed by atoms with Gasteiger partial charge in [-0.3, -0.25) is 0 Å². The molecule has 0 N–H and O–H groups in total. The van der Waals surface area contributed by atoms with Gasteiger partial charge in [0, 0.05) is 23.0 Å². The number of halogens is 1. The molecule has 3 aromatic rings. The Labute approximate surface area is 176 Å². The summed E-state index contributed by atoms with van der Waals surface area (Å²) in [5.74, 6) is 0.0552. The number of benzene rings is 3. The van der Waals surface area contributed by atoms with Crippen molar-refractivity contribution in [2.75, 3.05) is 12.0 Å². The lowest BCUT2D eigenvalue weighted by atomic mass is 9.91. The fourth-order valence-corrected chi connectivity index (χ4v) is 4.45. The molecule has 1 aliphatic rings. The third kappa shape index (κ3) is 4.07. The van der Waals surface area contributed by atoms with Gasteiger partial charge >= 0.3 is 0 Å². The van der Waals surface area contributed by atoms with E-state index in [1.165, 1.54) is 0 Å². The van der Waals surface area contributed by atoms with Gasteiger partial charge in [0.15, 0.2) is 9.84 Å². The zero-order valence-corrected chi connectivity index (χ0v) is 17.4. The van der Waals surface area contributed by atoms with Gasteiger partial charge < -0.3 is 4.74 Å². The van der Waals surface area contributed by atoms with E-state index in [0.717, 1.165) is 17.4 Å². The zero-order chi connectivity index (χ0) is 21.3. The second-order valence-corrected chi connectivity index (χ2v) is 9.53. The van der Waals surface area contributed by atoms with Gasteiger partial charge in [-0.2, -0.15) is 0 Å². The highest BCUT2D eigenvalue weighted by molar-refractivity contribution is 7.91. The number of para-hydroxylation sites is 1. The minimum absolute atomic E-state index is 0.172. The fraction of sp³-hybridized carbons (Fsp3) is 0.120. The van der Waals surface area contributed by atoms with E-state index in [1.54, 1.807) is 24.3 Å². The van der Waals surface area contributed by atoms with Crippen LogP contribution in [0.4, 0.5) is 4.39 Å². The molecule has 0 spiro atoms. The Kier molecular flexibility index (Phi) is 5.31. The number of ether oxygens (including phenoxy) is 1. The summed E-state index contributed by atoms with van der Waals surface area (Å²) in [6.07, 6.45) is 1.16. The van der Waals surface area contributed by atoms with Crippen LogP contribution in [0.2, 0.25) is 0 Å². The molecule has 0 bridgehead atoms. The standard InChI is InChI=1S/C25H21FO3S/c1-17(16-30(2,27)28)18-9-7-10-19(14-18)25(26)24-21-11-4-3-8-20(21)15-29-23-13-6-5-12-22(23)24/h3-14H,1,15-16H2,2H3/b25-24-. The van der Waals surface area contributed by atoms with Crippen molar-refractivity contribution in [3.05, 3.63) is 107 Å². The van der Waals surface area contributed by atoms with Crippen LogP contribution in [0.15, 0.2) is 79.4 Å². The third-order valence-electron chi connectivity index (χ3n) is 5.01. The van der Waals surface area contributed by atoms with Crippen molar-refractivity contribution in [3.8, 4) is 5.75 Å². The van der Waals surface area contributed by atoms with Crippen LogP contribution < -0.4 is 4.74 Å². The summed E-state index contributed by atoms with van der Waals surface area (Å²) in [6.45, 7) is 4.23. The quantitative estimate of drug-likeness (QED) is 0.558. The summed E-state index contributed by atoms with van der Waals surface area (Å²) < 4.78 is 45.2. The summed E-state index contributed by atoms with van der Waals surface area (Å²) in [7, 11) is -3.23. The molecule has 3 aromatic carbocycles. The maximum atomic E-state index is 16.0. The van der Waals surface area contributed by atoms with Crippen LogP contribution in [0, 0.1) is 0 Å². The van der Waals surface area contributed by atoms with Crippen LogP contribution >= 0.6 is 0 Å². The largest absolute Gasteiger partial charge is 0.488 e. The Bertz CT molecular complexity index is 1220. The molecule has 0 fully saturated rings. The first-order valence-electron chi connectivity index (χ1n) is 9.50. The molecule has 0 saturated heterocycles. The second kappa shape index (κ2) is 7.92. The molecular weight excluding hydrogens is 399 g/mol. The third-order valence-corrected chi connectivity index (χ3v) is 5.88.